The molecule has 0 radical (unpaired) electrons. The summed E-state index contributed by atoms with van der Waals surface area (Å²) in [5.41, 5.74) is 1.05. The van der Waals surface area contributed by atoms with E-state index in [2.05, 4.69) is 27.7 Å². The summed E-state index contributed by atoms with van der Waals surface area (Å²) in [5, 5.41) is 6.63. The molecular formula is C14H14N2S3. The maximum absolute atomic E-state index is 5.55. The minimum atomic E-state index is 0.365. The van der Waals surface area contributed by atoms with Gasteiger partial charge in [0, 0.05) is 22.9 Å². The van der Waals surface area contributed by atoms with Crippen LogP contribution in [0.1, 0.15) is 10.3 Å². The first-order valence-corrected chi connectivity index (χ1v) is 8.46. The van der Waals surface area contributed by atoms with E-state index in [4.69, 9.17) is 12.2 Å². The van der Waals surface area contributed by atoms with Gasteiger partial charge in [-0.2, -0.15) is 0 Å². The van der Waals surface area contributed by atoms with Crippen LogP contribution in [0.15, 0.2) is 47.8 Å². The van der Waals surface area contributed by atoms with E-state index in [0.29, 0.717) is 5.37 Å². The third-order valence-corrected chi connectivity index (χ3v) is 5.62. The van der Waals surface area contributed by atoms with E-state index in [1.807, 2.05) is 42.1 Å². The van der Waals surface area contributed by atoms with Crippen LogP contribution in [-0.2, 0) is 0 Å². The quantitative estimate of drug-likeness (QED) is 0.836. The summed E-state index contributed by atoms with van der Waals surface area (Å²) < 4.78 is 0. The second kappa shape index (κ2) is 5.94. The third kappa shape index (κ3) is 2.94. The summed E-state index contributed by atoms with van der Waals surface area (Å²) in [6.45, 7) is 1.01. The molecule has 5 heteroatoms. The van der Waals surface area contributed by atoms with Gasteiger partial charge in [0.05, 0.1) is 0 Å². The number of hydrogen-bond donors (Lipinski definition) is 1. The molecule has 1 aliphatic heterocycles. The van der Waals surface area contributed by atoms with Crippen molar-refractivity contribution in [3.63, 3.8) is 0 Å². The Kier molecular flexibility index (Phi) is 4.06. The fraction of sp³-hybridized carbons (Fsp3) is 0.214. The summed E-state index contributed by atoms with van der Waals surface area (Å²) in [7, 11) is 0. The fourth-order valence-electron chi connectivity index (χ4n) is 2.06. The van der Waals surface area contributed by atoms with Crippen molar-refractivity contribution in [3.8, 4) is 0 Å². The van der Waals surface area contributed by atoms with Gasteiger partial charge < -0.3 is 10.2 Å². The molecule has 2 heterocycles. The monoisotopic (exact) mass is 306 g/mol. The summed E-state index contributed by atoms with van der Waals surface area (Å²) in [6.07, 6.45) is 0. The van der Waals surface area contributed by atoms with Crippen LogP contribution in [0.3, 0.4) is 0 Å². The molecule has 0 amide bonds. The Hall–Kier alpha value is -1.04. The predicted molar refractivity (Wildman–Crippen MR) is 88.9 cm³/mol. The summed E-state index contributed by atoms with van der Waals surface area (Å²) >= 11 is 9.31. The maximum atomic E-state index is 5.55. The molecule has 1 N–H and O–H groups in total. The molecule has 0 unspecified atom stereocenters. The zero-order valence-corrected chi connectivity index (χ0v) is 12.7. The molecule has 0 bridgehead atoms. The van der Waals surface area contributed by atoms with Crippen molar-refractivity contribution in [3.05, 3.63) is 52.7 Å². The van der Waals surface area contributed by atoms with Crippen molar-refractivity contribution < 1.29 is 0 Å². The van der Waals surface area contributed by atoms with Gasteiger partial charge in [-0.1, -0.05) is 24.3 Å². The highest BCUT2D eigenvalue weighted by atomic mass is 32.2. The largest absolute Gasteiger partial charge is 0.333 e. The molecule has 2 aromatic rings. The van der Waals surface area contributed by atoms with Crippen LogP contribution in [0.5, 0.6) is 0 Å². The molecule has 0 spiro atoms. The topological polar surface area (TPSA) is 15.3 Å². The SMILES string of the molecule is S=C(Nc1ccccc1)N1CCS[C@@H]1c1cccs1. The number of para-hydroxylation sites is 1. The number of thiocarbonyl (C=S) groups is 1. The lowest BCUT2D eigenvalue weighted by atomic mass is 10.3. The van der Waals surface area contributed by atoms with Gasteiger partial charge in [-0.15, -0.1) is 23.1 Å². The van der Waals surface area contributed by atoms with Gasteiger partial charge >= 0.3 is 0 Å². The van der Waals surface area contributed by atoms with Crippen molar-refractivity contribution in [1.82, 2.24) is 4.90 Å². The summed E-state index contributed by atoms with van der Waals surface area (Å²) in [4.78, 5) is 3.65. The molecule has 1 aromatic carbocycles. The van der Waals surface area contributed by atoms with E-state index in [0.717, 1.165) is 23.1 Å². The Morgan fingerprint density at radius 3 is 2.79 bits per heavy atom. The van der Waals surface area contributed by atoms with E-state index >= 15 is 0 Å². The Bertz CT molecular complexity index is 539. The second-order valence-corrected chi connectivity index (χ2v) is 6.78. The van der Waals surface area contributed by atoms with Crippen LogP contribution >= 0.6 is 35.3 Å². The molecular weight excluding hydrogens is 292 g/mol. The number of nitrogens with one attached hydrogen (secondary N) is 1. The first-order valence-electron chi connectivity index (χ1n) is 6.12. The van der Waals surface area contributed by atoms with Gasteiger partial charge in [-0.05, 0) is 35.8 Å². The Labute approximate surface area is 126 Å². The summed E-state index contributed by atoms with van der Waals surface area (Å²) in [6, 6.07) is 14.4. The number of nitrogens with zero attached hydrogens (tertiary/aromatic N) is 1. The zero-order valence-electron chi connectivity index (χ0n) is 10.3. The highest BCUT2D eigenvalue weighted by Gasteiger charge is 2.29. The lowest BCUT2D eigenvalue weighted by Crippen LogP contribution is -2.33. The average Bonchev–Trinajstić information content (AvgIpc) is 3.10. The molecule has 19 heavy (non-hydrogen) atoms. The van der Waals surface area contributed by atoms with E-state index in [1.54, 1.807) is 11.3 Å². The van der Waals surface area contributed by atoms with Gasteiger partial charge in [-0.25, -0.2) is 0 Å². The lowest BCUT2D eigenvalue weighted by molar-refractivity contribution is 0.462. The normalized spacial score (nSPS) is 18.5. The van der Waals surface area contributed by atoms with Crippen molar-refractivity contribution in [2.75, 3.05) is 17.6 Å². The molecule has 2 nitrogen and oxygen atoms in total. The maximum Gasteiger partial charge on any atom is 0.174 e. The number of thiophene rings is 1. The van der Waals surface area contributed by atoms with Crippen LogP contribution in [0, 0.1) is 0 Å². The standard InChI is InChI=1S/C14H14N2S3/c17-14(15-11-5-2-1-3-6-11)16-8-10-19-13(16)12-7-4-9-18-12/h1-7,9,13H,8,10H2,(H,15,17)/t13-/m1/s1. The van der Waals surface area contributed by atoms with Crippen molar-refractivity contribution in [2.45, 2.75) is 5.37 Å². The number of hydrogen-bond acceptors (Lipinski definition) is 3. The van der Waals surface area contributed by atoms with Crippen molar-refractivity contribution in [2.24, 2.45) is 0 Å². The average molecular weight is 306 g/mol. The molecule has 1 aliphatic rings. The van der Waals surface area contributed by atoms with Gasteiger partial charge in [0.25, 0.3) is 0 Å². The first-order chi connectivity index (χ1) is 9.34. The van der Waals surface area contributed by atoms with Crippen molar-refractivity contribution in [1.29, 1.82) is 0 Å². The minimum absolute atomic E-state index is 0.365. The van der Waals surface area contributed by atoms with Crippen LogP contribution in [0.25, 0.3) is 0 Å². The summed E-state index contributed by atoms with van der Waals surface area (Å²) in [5.74, 6) is 1.12. The molecule has 1 aromatic heterocycles. The lowest BCUT2D eigenvalue weighted by Gasteiger charge is -2.26. The van der Waals surface area contributed by atoms with Gasteiger partial charge in [-0.3, -0.25) is 0 Å². The fourth-order valence-corrected chi connectivity index (χ4v) is 4.69. The van der Waals surface area contributed by atoms with Crippen LogP contribution in [-0.4, -0.2) is 22.3 Å². The van der Waals surface area contributed by atoms with E-state index in [1.165, 1.54) is 4.88 Å². The Morgan fingerprint density at radius 1 is 1.21 bits per heavy atom. The molecule has 0 saturated carbocycles. The smallest absolute Gasteiger partial charge is 0.174 e. The molecule has 1 fully saturated rings. The van der Waals surface area contributed by atoms with Gasteiger partial charge in [0.15, 0.2) is 5.11 Å². The van der Waals surface area contributed by atoms with Gasteiger partial charge in [0.1, 0.15) is 5.37 Å². The zero-order chi connectivity index (χ0) is 13.1. The molecule has 3 rings (SSSR count). The van der Waals surface area contributed by atoms with E-state index in [-0.39, 0.29) is 0 Å². The Morgan fingerprint density at radius 2 is 2.05 bits per heavy atom. The minimum Gasteiger partial charge on any atom is -0.333 e. The van der Waals surface area contributed by atoms with Gasteiger partial charge in [0.2, 0.25) is 0 Å². The van der Waals surface area contributed by atoms with E-state index < -0.39 is 0 Å². The van der Waals surface area contributed by atoms with Crippen LogP contribution < -0.4 is 5.32 Å². The molecule has 0 aliphatic carbocycles. The second-order valence-electron chi connectivity index (χ2n) is 4.23. The van der Waals surface area contributed by atoms with E-state index in [9.17, 15) is 0 Å². The molecule has 98 valence electrons. The first kappa shape index (κ1) is 13.0. The predicted octanol–water partition coefficient (Wildman–Crippen LogP) is 4.19. The molecule has 1 saturated heterocycles. The number of thioether (sulfide) groups is 1. The number of anilines is 1. The third-order valence-electron chi connectivity index (χ3n) is 2.96. The van der Waals surface area contributed by atoms with Crippen molar-refractivity contribution >= 4 is 46.1 Å². The van der Waals surface area contributed by atoms with Crippen LogP contribution in [0.4, 0.5) is 5.69 Å². The van der Waals surface area contributed by atoms with Crippen LogP contribution in [0.2, 0.25) is 0 Å². The number of rotatable bonds is 2. The highest BCUT2D eigenvalue weighted by Crippen LogP contribution is 2.40. The number of benzene rings is 1. The highest BCUT2D eigenvalue weighted by molar-refractivity contribution is 7.99. The Balaban J connectivity index is 1.72. The molecule has 1 atom stereocenters.